The Morgan fingerprint density at radius 1 is 1.17 bits per heavy atom. The molecule has 0 radical (unpaired) electrons. The van der Waals surface area contributed by atoms with E-state index in [9.17, 15) is 8.78 Å². The lowest BCUT2D eigenvalue weighted by molar-refractivity contribution is -0.286. The number of unbranched alkanes of at least 4 members (excludes halogenated alkanes) is 1. The second-order valence-corrected chi connectivity index (χ2v) is 4.26. The first-order valence-electron chi connectivity index (χ1n) is 5.87. The van der Waals surface area contributed by atoms with Crippen molar-refractivity contribution >= 4 is 0 Å². The molecule has 1 aliphatic rings. The fourth-order valence-electron chi connectivity index (χ4n) is 1.87. The molecule has 4 nitrogen and oxygen atoms in total. The molecule has 1 heterocycles. The number of alkyl halides is 2. The van der Waals surface area contributed by atoms with Gasteiger partial charge in [-0.3, -0.25) is 0 Å². The predicted octanol–water partition coefficient (Wildman–Crippen LogP) is 2.14. The van der Waals surface area contributed by atoms with E-state index in [2.05, 4.69) is 9.47 Å². The lowest BCUT2D eigenvalue weighted by atomic mass is 10.0. The average molecular weight is 258 g/mol. The molecular weight excluding hydrogens is 242 g/mol. The molecule has 0 spiro atoms. The third-order valence-corrected chi connectivity index (χ3v) is 2.82. The smallest absolute Gasteiger partial charge is 0.395 e. The van der Waals surface area contributed by atoms with E-state index in [-0.39, 0.29) is 17.5 Å². The maximum Gasteiger partial charge on any atom is 0.586 e. The normalized spacial score (nSPS) is 17.8. The van der Waals surface area contributed by atoms with Crippen molar-refractivity contribution in [2.45, 2.75) is 31.6 Å². The Kier molecular flexibility index (Phi) is 3.68. The summed E-state index contributed by atoms with van der Waals surface area (Å²) in [5, 5.41) is 0. The van der Waals surface area contributed by atoms with E-state index in [4.69, 9.17) is 11.5 Å². The Balaban J connectivity index is 2.04. The molecule has 0 unspecified atom stereocenters. The molecule has 18 heavy (non-hydrogen) atoms. The minimum Gasteiger partial charge on any atom is -0.395 e. The number of ether oxygens (including phenoxy) is 2. The SMILES string of the molecule is NCCCC[C@@H](N)c1ccc2c(c1)OC(F)(F)O2. The monoisotopic (exact) mass is 258 g/mol. The van der Waals surface area contributed by atoms with Crippen molar-refractivity contribution in [3.63, 3.8) is 0 Å². The summed E-state index contributed by atoms with van der Waals surface area (Å²) in [4.78, 5) is 0. The van der Waals surface area contributed by atoms with E-state index in [0.29, 0.717) is 6.54 Å². The van der Waals surface area contributed by atoms with Gasteiger partial charge in [0, 0.05) is 6.04 Å². The molecule has 0 amide bonds. The molecule has 2 rings (SSSR count). The zero-order chi connectivity index (χ0) is 13.2. The summed E-state index contributed by atoms with van der Waals surface area (Å²) < 4.78 is 34.4. The maximum atomic E-state index is 12.8. The van der Waals surface area contributed by atoms with Crippen molar-refractivity contribution in [2.24, 2.45) is 11.5 Å². The summed E-state index contributed by atoms with van der Waals surface area (Å²) in [6.07, 6.45) is -1.02. The zero-order valence-corrected chi connectivity index (χ0v) is 9.86. The Bertz CT molecular complexity index is 427. The van der Waals surface area contributed by atoms with Crippen LogP contribution in [0.3, 0.4) is 0 Å². The van der Waals surface area contributed by atoms with Crippen molar-refractivity contribution in [2.75, 3.05) is 6.54 Å². The highest BCUT2D eigenvalue weighted by Gasteiger charge is 2.43. The van der Waals surface area contributed by atoms with Gasteiger partial charge in [0.15, 0.2) is 11.5 Å². The number of benzene rings is 1. The van der Waals surface area contributed by atoms with Crippen LogP contribution in [-0.2, 0) is 0 Å². The lowest BCUT2D eigenvalue weighted by Crippen LogP contribution is -2.25. The van der Waals surface area contributed by atoms with Crippen molar-refractivity contribution in [3.8, 4) is 11.5 Å². The zero-order valence-electron chi connectivity index (χ0n) is 9.86. The minimum atomic E-state index is -3.58. The van der Waals surface area contributed by atoms with Crippen LogP contribution < -0.4 is 20.9 Å². The number of rotatable bonds is 5. The highest BCUT2D eigenvalue weighted by atomic mass is 19.3. The number of halogens is 2. The molecule has 1 aliphatic heterocycles. The Morgan fingerprint density at radius 2 is 1.89 bits per heavy atom. The maximum absolute atomic E-state index is 12.8. The van der Waals surface area contributed by atoms with Gasteiger partial charge < -0.3 is 20.9 Å². The van der Waals surface area contributed by atoms with E-state index in [0.717, 1.165) is 24.8 Å². The summed E-state index contributed by atoms with van der Waals surface area (Å²) in [7, 11) is 0. The van der Waals surface area contributed by atoms with Gasteiger partial charge in [-0.15, -0.1) is 8.78 Å². The summed E-state index contributed by atoms with van der Waals surface area (Å²) >= 11 is 0. The first kappa shape index (κ1) is 13.0. The van der Waals surface area contributed by atoms with Crippen LogP contribution in [-0.4, -0.2) is 12.8 Å². The molecular formula is C12H16F2N2O2. The van der Waals surface area contributed by atoms with Crippen LogP contribution >= 0.6 is 0 Å². The van der Waals surface area contributed by atoms with Crippen LogP contribution in [0.2, 0.25) is 0 Å². The summed E-state index contributed by atoms with van der Waals surface area (Å²) in [6, 6.07) is 4.42. The van der Waals surface area contributed by atoms with Crippen molar-refractivity contribution in [1.29, 1.82) is 0 Å². The Labute approximate surface area is 104 Å². The standard InChI is InChI=1S/C12H16F2N2O2/c13-12(14)17-10-5-4-8(7-11(10)18-12)9(16)3-1-2-6-15/h4-5,7,9H,1-3,6,15-16H2/t9-/m1/s1. The molecule has 1 aromatic carbocycles. The fourth-order valence-corrected chi connectivity index (χ4v) is 1.87. The predicted molar refractivity (Wildman–Crippen MR) is 62.5 cm³/mol. The average Bonchev–Trinajstić information content (AvgIpc) is 2.61. The summed E-state index contributed by atoms with van der Waals surface area (Å²) in [6.45, 7) is 0.625. The van der Waals surface area contributed by atoms with Crippen LogP contribution in [0.5, 0.6) is 11.5 Å². The molecule has 4 N–H and O–H groups in total. The highest BCUT2D eigenvalue weighted by molar-refractivity contribution is 5.45. The molecule has 1 aromatic rings. The second kappa shape index (κ2) is 5.07. The van der Waals surface area contributed by atoms with E-state index in [1.807, 2.05) is 0 Å². The largest absolute Gasteiger partial charge is 0.586 e. The van der Waals surface area contributed by atoms with Crippen LogP contribution in [0.4, 0.5) is 8.78 Å². The first-order valence-corrected chi connectivity index (χ1v) is 5.87. The second-order valence-electron chi connectivity index (χ2n) is 4.26. The fraction of sp³-hybridized carbons (Fsp3) is 0.500. The summed E-state index contributed by atoms with van der Waals surface area (Å²) in [5.74, 6) is 0.0738. The molecule has 0 saturated heterocycles. The van der Waals surface area contributed by atoms with Crippen LogP contribution in [0, 0.1) is 0 Å². The molecule has 0 fully saturated rings. The molecule has 0 bridgehead atoms. The molecule has 6 heteroatoms. The van der Waals surface area contributed by atoms with E-state index >= 15 is 0 Å². The van der Waals surface area contributed by atoms with Gasteiger partial charge in [0.2, 0.25) is 0 Å². The number of nitrogens with two attached hydrogens (primary N) is 2. The minimum absolute atomic E-state index is 0.0341. The van der Waals surface area contributed by atoms with Gasteiger partial charge in [-0.1, -0.05) is 12.5 Å². The van der Waals surface area contributed by atoms with Gasteiger partial charge in [-0.2, -0.15) is 0 Å². The van der Waals surface area contributed by atoms with Crippen LogP contribution in [0.1, 0.15) is 30.9 Å². The van der Waals surface area contributed by atoms with Crippen LogP contribution in [0.15, 0.2) is 18.2 Å². The molecule has 100 valence electrons. The van der Waals surface area contributed by atoms with Gasteiger partial charge in [0.05, 0.1) is 0 Å². The Hall–Kier alpha value is -1.40. The van der Waals surface area contributed by atoms with Gasteiger partial charge in [0.1, 0.15) is 0 Å². The van der Waals surface area contributed by atoms with Gasteiger partial charge >= 0.3 is 6.29 Å². The van der Waals surface area contributed by atoms with Crippen molar-refractivity contribution in [3.05, 3.63) is 23.8 Å². The number of hydrogen-bond donors (Lipinski definition) is 2. The molecule has 0 saturated carbocycles. The Morgan fingerprint density at radius 3 is 2.61 bits per heavy atom. The molecule has 1 atom stereocenters. The number of fused-ring (bicyclic) bond motifs is 1. The quantitative estimate of drug-likeness (QED) is 0.794. The van der Waals surface area contributed by atoms with Crippen molar-refractivity contribution in [1.82, 2.24) is 0 Å². The highest BCUT2D eigenvalue weighted by Crippen LogP contribution is 2.42. The first-order chi connectivity index (χ1) is 8.52. The van der Waals surface area contributed by atoms with Gasteiger partial charge in [-0.25, -0.2) is 0 Å². The third kappa shape index (κ3) is 2.88. The topological polar surface area (TPSA) is 70.5 Å². The summed E-state index contributed by atoms with van der Waals surface area (Å²) in [5.41, 5.74) is 12.1. The third-order valence-electron chi connectivity index (χ3n) is 2.82. The molecule has 0 aliphatic carbocycles. The van der Waals surface area contributed by atoms with Crippen LogP contribution in [0.25, 0.3) is 0 Å². The van der Waals surface area contributed by atoms with E-state index < -0.39 is 6.29 Å². The van der Waals surface area contributed by atoms with Crippen molar-refractivity contribution < 1.29 is 18.3 Å². The van der Waals surface area contributed by atoms with E-state index in [1.54, 1.807) is 6.07 Å². The van der Waals surface area contributed by atoms with Gasteiger partial charge in [0.25, 0.3) is 0 Å². The number of hydrogen-bond acceptors (Lipinski definition) is 4. The van der Waals surface area contributed by atoms with Gasteiger partial charge in [-0.05, 0) is 37.1 Å². The molecule has 0 aromatic heterocycles. The lowest BCUT2D eigenvalue weighted by Gasteiger charge is -2.11. The van der Waals surface area contributed by atoms with E-state index in [1.165, 1.54) is 12.1 Å².